The van der Waals surface area contributed by atoms with Crippen molar-refractivity contribution in [3.8, 4) is 0 Å². The van der Waals surface area contributed by atoms with E-state index in [2.05, 4.69) is 11.4 Å². The predicted octanol–water partition coefficient (Wildman–Crippen LogP) is 1.83. The molecule has 88 valence electrons. The van der Waals surface area contributed by atoms with Gasteiger partial charge in [0.25, 0.3) is 0 Å². The second kappa shape index (κ2) is 4.97. The first-order valence-corrected chi connectivity index (χ1v) is 6.62. The highest BCUT2D eigenvalue weighted by Crippen LogP contribution is 2.26. The van der Waals surface area contributed by atoms with E-state index in [4.69, 9.17) is 5.73 Å². The molecule has 2 rings (SSSR count). The molecular formula is C12H18N2OS. The summed E-state index contributed by atoms with van der Waals surface area (Å²) in [6.45, 7) is 0.716. The molecule has 2 unspecified atom stereocenters. The summed E-state index contributed by atoms with van der Waals surface area (Å²) >= 11 is 1.67. The third-order valence-corrected chi connectivity index (χ3v) is 3.93. The van der Waals surface area contributed by atoms with Gasteiger partial charge in [-0.1, -0.05) is 0 Å². The van der Waals surface area contributed by atoms with Crippen LogP contribution in [0.4, 0.5) is 0 Å². The van der Waals surface area contributed by atoms with Crippen LogP contribution in [0.3, 0.4) is 0 Å². The summed E-state index contributed by atoms with van der Waals surface area (Å²) in [5, 5.41) is 4.13. The predicted molar refractivity (Wildman–Crippen MR) is 66.1 cm³/mol. The van der Waals surface area contributed by atoms with Crippen LogP contribution in [0.2, 0.25) is 0 Å². The van der Waals surface area contributed by atoms with Crippen molar-refractivity contribution in [1.82, 2.24) is 4.90 Å². The van der Waals surface area contributed by atoms with Crippen LogP contribution in [0.1, 0.15) is 24.8 Å². The minimum absolute atomic E-state index is 0.152. The zero-order valence-corrected chi connectivity index (χ0v) is 10.4. The minimum atomic E-state index is 0.152. The van der Waals surface area contributed by atoms with Crippen molar-refractivity contribution in [1.29, 1.82) is 0 Å². The van der Waals surface area contributed by atoms with Crippen molar-refractivity contribution >= 4 is 17.2 Å². The Morgan fingerprint density at radius 1 is 1.62 bits per heavy atom. The average molecular weight is 238 g/mol. The van der Waals surface area contributed by atoms with Crippen LogP contribution < -0.4 is 5.73 Å². The van der Waals surface area contributed by atoms with Gasteiger partial charge in [0.15, 0.2) is 0 Å². The Hall–Kier alpha value is -0.870. The molecule has 1 aliphatic rings. The summed E-state index contributed by atoms with van der Waals surface area (Å²) in [6.07, 6.45) is 2.80. The zero-order valence-electron chi connectivity index (χ0n) is 9.56. The van der Waals surface area contributed by atoms with Gasteiger partial charge in [0.2, 0.25) is 5.91 Å². The second-order valence-electron chi connectivity index (χ2n) is 4.60. The van der Waals surface area contributed by atoms with Gasteiger partial charge in [-0.25, -0.2) is 0 Å². The van der Waals surface area contributed by atoms with E-state index >= 15 is 0 Å². The second-order valence-corrected chi connectivity index (χ2v) is 5.38. The Morgan fingerprint density at radius 3 is 3.00 bits per heavy atom. The van der Waals surface area contributed by atoms with Gasteiger partial charge in [-0.05, 0) is 41.7 Å². The number of nitrogens with two attached hydrogens (primary N) is 1. The maximum Gasteiger partial charge on any atom is 0.225 e. The van der Waals surface area contributed by atoms with E-state index in [1.807, 2.05) is 17.3 Å². The van der Waals surface area contributed by atoms with E-state index in [0.717, 1.165) is 19.3 Å². The molecule has 0 spiro atoms. The Bertz CT molecular complexity index is 350. The van der Waals surface area contributed by atoms with Gasteiger partial charge in [-0.2, -0.15) is 11.3 Å². The van der Waals surface area contributed by atoms with Crippen LogP contribution in [0.15, 0.2) is 16.8 Å². The summed E-state index contributed by atoms with van der Waals surface area (Å²) < 4.78 is 0. The van der Waals surface area contributed by atoms with E-state index in [1.165, 1.54) is 5.56 Å². The average Bonchev–Trinajstić information content (AvgIpc) is 2.88. The first-order chi connectivity index (χ1) is 7.66. The third-order valence-electron chi connectivity index (χ3n) is 3.20. The summed E-state index contributed by atoms with van der Waals surface area (Å²) in [5.41, 5.74) is 7.04. The molecule has 4 heteroatoms. The molecule has 1 saturated carbocycles. The molecule has 1 heterocycles. The fourth-order valence-corrected chi connectivity index (χ4v) is 2.95. The molecule has 2 N–H and O–H groups in total. The molecule has 1 amide bonds. The number of hydrogen-bond donors (Lipinski definition) is 1. The normalized spacial score (nSPS) is 24.6. The minimum Gasteiger partial charge on any atom is -0.341 e. The summed E-state index contributed by atoms with van der Waals surface area (Å²) in [6, 6.07) is 2.29. The number of carbonyl (C=O) groups excluding carboxylic acids is 1. The van der Waals surface area contributed by atoms with Crippen LogP contribution in [0.5, 0.6) is 0 Å². The maximum absolute atomic E-state index is 12.1. The lowest BCUT2D eigenvalue weighted by molar-refractivity contribution is -0.134. The van der Waals surface area contributed by atoms with Crippen molar-refractivity contribution in [2.75, 3.05) is 7.05 Å². The van der Waals surface area contributed by atoms with E-state index in [-0.39, 0.29) is 17.9 Å². The van der Waals surface area contributed by atoms with Gasteiger partial charge in [-0.15, -0.1) is 0 Å². The molecule has 16 heavy (non-hydrogen) atoms. The molecule has 1 aromatic heterocycles. The SMILES string of the molecule is CN(Cc1ccsc1)C(=O)C1CCC(N)C1. The van der Waals surface area contributed by atoms with Gasteiger partial charge < -0.3 is 10.6 Å². The van der Waals surface area contributed by atoms with Gasteiger partial charge in [0.05, 0.1) is 0 Å². The van der Waals surface area contributed by atoms with E-state index in [0.29, 0.717) is 6.54 Å². The number of thiophene rings is 1. The van der Waals surface area contributed by atoms with Crippen molar-refractivity contribution in [2.24, 2.45) is 11.7 Å². The van der Waals surface area contributed by atoms with Crippen molar-refractivity contribution in [3.63, 3.8) is 0 Å². The van der Waals surface area contributed by atoms with Gasteiger partial charge in [0, 0.05) is 25.6 Å². The molecular weight excluding hydrogens is 220 g/mol. The molecule has 0 radical (unpaired) electrons. The Balaban J connectivity index is 1.89. The lowest BCUT2D eigenvalue weighted by Crippen LogP contribution is -2.32. The number of rotatable bonds is 3. The smallest absolute Gasteiger partial charge is 0.225 e. The van der Waals surface area contributed by atoms with E-state index in [9.17, 15) is 4.79 Å². The Morgan fingerprint density at radius 2 is 2.44 bits per heavy atom. The highest BCUT2D eigenvalue weighted by Gasteiger charge is 2.29. The molecule has 1 aliphatic carbocycles. The van der Waals surface area contributed by atoms with Gasteiger partial charge in [-0.3, -0.25) is 4.79 Å². The van der Waals surface area contributed by atoms with Gasteiger partial charge >= 0.3 is 0 Å². The van der Waals surface area contributed by atoms with Crippen LogP contribution in [-0.2, 0) is 11.3 Å². The van der Waals surface area contributed by atoms with E-state index < -0.39 is 0 Å². The van der Waals surface area contributed by atoms with Crippen LogP contribution in [0, 0.1) is 5.92 Å². The van der Waals surface area contributed by atoms with Crippen molar-refractivity contribution in [2.45, 2.75) is 31.8 Å². The zero-order chi connectivity index (χ0) is 11.5. The Labute approximate surface area is 100 Å². The Kier molecular flexibility index (Phi) is 3.61. The lowest BCUT2D eigenvalue weighted by atomic mass is 10.1. The summed E-state index contributed by atoms with van der Waals surface area (Å²) in [7, 11) is 1.88. The van der Waals surface area contributed by atoms with Crippen molar-refractivity contribution in [3.05, 3.63) is 22.4 Å². The molecule has 1 fully saturated rings. The third kappa shape index (κ3) is 2.62. The quantitative estimate of drug-likeness (QED) is 0.873. The standard InChI is InChI=1S/C12H18N2OS/c1-14(7-9-4-5-16-8-9)12(15)10-2-3-11(13)6-10/h4-5,8,10-11H,2-3,6-7,13H2,1H3. The molecule has 2 atom stereocenters. The molecule has 0 bridgehead atoms. The molecule has 3 nitrogen and oxygen atoms in total. The number of hydrogen-bond acceptors (Lipinski definition) is 3. The van der Waals surface area contributed by atoms with Crippen LogP contribution in [0.25, 0.3) is 0 Å². The first kappa shape index (κ1) is 11.6. The fraction of sp³-hybridized carbons (Fsp3) is 0.583. The molecule has 0 aromatic carbocycles. The first-order valence-electron chi connectivity index (χ1n) is 5.68. The maximum atomic E-state index is 12.1. The highest BCUT2D eigenvalue weighted by molar-refractivity contribution is 7.07. The largest absolute Gasteiger partial charge is 0.341 e. The highest BCUT2D eigenvalue weighted by atomic mass is 32.1. The fourth-order valence-electron chi connectivity index (χ4n) is 2.29. The molecule has 0 aliphatic heterocycles. The summed E-state index contributed by atoms with van der Waals surface area (Å²) in [4.78, 5) is 13.9. The van der Waals surface area contributed by atoms with Gasteiger partial charge in [0.1, 0.15) is 0 Å². The van der Waals surface area contributed by atoms with Crippen LogP contribution >= 0.6 is 11.3 Å². The monoisotopic (exact) mass is 238 g/mol. The number of carbonyl (C=O) groups is 1. The molecule has 1 aromatic rings. The van der Waals surface area contributed by atoms with Crippen LogP contribution in [-0.4, -0.2) is 23.9 Å². The topological polar surface area (TPSA) is 46.3 Å². The van der Waals surface area contributed by atoms with Crippen molar-refractivity contribution < 1.29 is 4.79 Å². The lowest BCUT2D eigenvalue weighted by Gasteiger charge is -2.20. The van der Waals surface area contributed by atoms with E-state index in [1.54, 1.807) is 11.3 Å². The number of nitrogens with zero attached hydrogens (tertiary/aromatic N) is 1. The molecule has 0 saturated heterocycles. The number of amides is 1. The summed E-state index contributed by atoms with van der Waals surface area (Å²) in [5.74, 6) is 0.401.